The number of nitrogens with zero attached hydrogens (tertiary/aromatic N) is 2. The van der Waals surface area contributed by atoms with E-state index in [9.17, 15) is 4.79 Å². The highest BCUT2D eigenvalue weighted by atomic mass is 32.2. The van der Waals surface area contributed by atoms with Crippen molar-refractivity contribution in [1.82, 2.24) is 15.1 Å². The van der Waals surface area contributed by atoms with E-state index in [1.807, 2.05) is 35.1 Å². The third-order valence-corrected chi connectivity index (χ3v) is 4.67. The van der Waals surface area contributed by atoms with Crippen molar-refractivity contribution in [3.05, 3.63) is 48.3 Å². The molecule has 110 valence electrons. The van der Waals surface area contributed by atoms with Gasteiger partial charge in [-0.3, -0.25) is 9.48 Å². The Morgan fingerprint density at radius 1 is 1.33 bits per heavy atom. The number of thioether (sulfide) groups is 1. The van der Waals surface area contributed by atoms with Crippen LogP contribution in [0.4, 0.5) is 0 Å². The third kappa shape index (κ3) is 3.88. The minimum atomic E-state index is 0.149. The summed E-state index contributed by atoms with van der Waals surface area (Å²) in [6, 6.07) is 12.5. The molecule has 0 spiro atoms. The van der Waals surface area contributed by atoms with Crippen LogP contribution in [-0.4, -0.2) is 27.5 Å². The molecule has 2 aromatic rings. The summed E-state index contributed by atoms with van der Waals surface area (Å²) in [5.74, 6) is 0.969. The summed E-state index contributed by atoms with van der Waals surface area (Å²) in [6.07, 6.45) is 4.25. The maximum Gasteiger partial charge on any atom is 0.221 e. The highest BCUT2D eigenvalue weighted by Crippen LogP contribution is 2.18. The van der Waals surface area contributed by atoms with Crippen LogP contribution in [0.25, 0.3) is 0 Å². The van der Waals surface area contributed by atoms with Gasteiger partial charge in [0.05, 0.1) is 0 Å². The largest absolute Gasteiger partial charge is 0.353 e. The lowest BCUT2D eigenvalue weighted by Gasteiger charge is -2.24. The van der Waals surface area contributed by atoms with Crippen LogP contribution in [0.3, 0.4) is 0 Å². The molecule has 5 heteroatoms. The topological polar surface area (TPSA) is 46.9 Å². The number of hydrogen-bond acceptors (Lipinski definition) is 3. The Labute approximate surface area is 128 Å². The Hall–Kier alpha value is -1.75. The predicted octanol–water partition coefficient (Wildman–Crippen LogP) is 2.50. The number of hydrogen-bond donors (Lipinski definition) is 1. The summed E-state index contributed by atoms with van der Waals surface area (Å²) >= 11 is 1.73. The van der Waals surface area contributed by atoms with E-state index in [4.69, 9.17) is 0 Å². The zero-order valence-electron chi connectivity index (χ0n) is 11.9. The molecule has 1 aromatic carbocycles. The van der Waals surface area contributed by atoms with Crippen LogP contribution in [0.15, 0.2) is 47.5 Å². The third-order valence-electron chi connectivity index (χ3n) is 3.66. The smallest absolute Gasteiger partial charge is 0.221 e. The second-order valence-electron chi connectivity index (χ2n) is 5.21. The molecule has 1 amide bonds. The normalized spacial score (nSPS) is 17.2. The molecule has 0 aliphatic carbocycles. The van der Waals surface area contributed by atoms with Gasteiger partial charge in [-0.2, -0.15) is 5.10 Å². The van der Waals surface area contributed by atoms with E-state index < -0.39 is 0 Å². The summed E-state index contributed by atoms with van der Waals surface area (Å²) in [6.45, 7) is 0.895. The Bertz CT molecular complexity index is 597. The van der Waals surface area contributed by atoms with Gasteiger partial charge in [-0.1, -0.05) is 18.2 Å². The standard InChI is InChI=1S/C16H19N3OS/c20-16(8-11-21-15-4-2-1-3-5-15)18-13-7-10-19-14(12-13)6-9-17-19/h1-6,9,13H,7-8,10-12H2,(H,18,20)/t13-/m0/s1. The zero-order valence-corrected chi connectivity index (χ0v) is 12.7. The molecular formula is C16H19N3OS. The van der Waals surface area contributed by atoms with E-state index in [0.29, 0.717) is 6.42 Å². The summed E-state index contributed by atoms with van der Waals surface area (Å²) in [7, 11) is 0. The Balaban J connectivity index is 1.41. The van der Waals surface area contributed by atoms with Crippen molar-refractivity contribution >= 4 is 17.7 Å². The van der Waals surface area contributed by atoms with Crippen LogP contribution >= 0.6 is 11.8 Å². The van der Waals surface area contributed by atoms with Crippen LogP contribution in [-0.2, 0) is 17.8 Å². The predicted molar refractivity (Wildman–Crippen MR) is 84.3 cm³/mol. The lowest BCUT2D eigenvalue weighted by Crippen LogP contribution is -2.40. The maximum absolute atomic E-state index is 12.0. The van der Waals surface area contributed by atoms with Gasteiger partial charge in [0.15, 0.2) is 0 Å². The molecule has 1 aliphatic rings. The molecule has 0 saturated carbocycles. The molecule has 4 nitrogen and oxygen atoms in total. The lowest BCUT2D eigenvalue weighted by atomic mass is 10.0. The molecular weight excluding hydrogens is 282 g/mol. The second kappa shape index (κ2) is 6.80. The van der Waals surface area contributed by atoms with Gasteiger partial charge in [-0.05, 0) is 24.6 Å². The van der Waals surface area contributed by atoms with Crippen molar-refractivity contribution in [2.24, 2.45) is 0 Å². The first-order chi connectivity index (χ1) is 10.3. The van der Waals surface area contributed by atoms with Crippen LogP contribution in [0.1, 0.15) is 18.5 Å². The summed E-state index contributed by atoms with van der Waals surface area (Å²) in [5, 5.41) is 7.40. The minimum absolute atomic E-state index is 0.149. The van der Waals surface area contributed by atoms with Crippen LogP contribution in [0, 0.1) is 0 Å². The fraction of sp³-hybridized carbons (Fsp3) is 0.375. The van der Waals surface area contributed by atoms with Crippen LogP contribution < -0.4 is 5.32 Å². The molecule has 1 aromatic heterocycles. The highest BCUT2D eigenvalue weighted by Gasteiger charge is 2.20. The van der Waals surface area contributed by atoms with Gasteiger partial charge in [0.25, 0.3) is 0 Å². The maximum atomic E-state index is 12.0. The van der Waals surface area contributed by atoms with Crippen molar-refractivity contribution in [2.45, 2.75) is 36.7 Å². The molecule has 1 aliphatic heterocycles. The summed E-state index contributed by atoms with van der Waals surface area (Å²) in [5.41, 5.74) is 1.21. The SMILES string of the molecule is O=C(CCSc1ccccc1)N[C@H]1CCn2nccc2C1. The van der Waals surface area contributed by atoms with E-state index >= 15 is 0 Å². The number of aryl methyl sites for hydroxylation is 1. The van der Waals surface area contributed by atoms with Gasteiger partial charge < -0.3 is 5.32 Å². The number of benzene rings is 1. The van der Waals surface area contributed by atoms with Gasteiger partial charge >= 0.3 is 0 Å². The van der Waals surface area contributed by atoms with Crippen molar-refractivity contribution < 1.29 is 4.79 Å². The van der Waals surface area contributed by atoms with Gasteiger partial charge in [0, 0.05) is 48.0 Å². The average molecular weight is 301 g/mol. The number of rotatable bonds is 5. The molecule has 0 radical (unpaired) electrons. The molecule has 0 saturated heterocycles. The van der Waals surface area contributed by atoms with E-state index in [1.165, 1.54) is 10.6 Å². The lowest BCUT2D eigenvalue weighted by molar-refractivity contribution is -0.121. The molecule has 21 heavy (non-hydrogen) atoms. The fourth-order valence-corrected chi connectivity index (χ4v) is 3.44. The van der Waals surface area contributed by atoms with E-state index in [0.717, 1.165) is 25.1 Å². The first-order valence-electron chi connectivity index (χ1n) is 7.29. The van der Waals surface area contributed by atoms with Crippen molar-refractivity contribution in [3.8, 4) is 0 Å². The molecule has 0 fully saturated rings. The van der Waals surface area contributed by atoms with Crippen LogP contribution in [0.5, 0.6) is 0 Å². The monoisotopic (exact) mass is 301 g/mol. The second-order valence-corrected chi connectivity index (χ2v) is 6.38. The fourth-order valence-electron chi connectivity index (χ4n) is 2.57. The molecule has 2 heterocycles. The Morgan fingerprint density at radius 2 is 2.19 bits per heavy atom. The first-order valence-corrected chi connectivity index (χ1v) is 8.28. The van der Waals surface area contributed by atoms with Gasteiger partial charge in [-0.15, -0.1) is 11.8 Å². The summed E-state index contributed by atoms with van der Waals surface area (Å²) < 4.78 is 2.02. The number of aromatic nitrogens is 2. The average Bonchev–Trinajstić information content (AvgIpc) is 2.96. The Morgan fingerprint density at radius 3 is 3.05 bits per heavy atom. The quantitative estimate of drug-likeness (QED) is 0.863. The number of fused-ring (bicyclic) bond motifs is 1. The minimum Gasteiger partial charge on any atom is -0.353 e. The van der Waals surface area contributed by atoms with Crippen molar-refractivity contribution in [1.29, 1.82) is 0 Å². The number of carbonyl (C=O) groups is 1. The molecule has 1 atom stereocenters. The number of carbonyl (C=O) groups excluding carboxylic acids is 1. The van der Waals surface area contributed by atoms with Crippen LogP contribution in [0.2, 0.25) is 0 Å². The molecule has 1 N–H and O–H groups in total. The number of amides is 1. The molecule has 0 bridgehead atoms. The Kier molecular flexibility index (Phi) is 4.60. The zero-order chi connectivity index (χ0) is 14.5. The first kappa shape index (κ1) is 14.2. The van der Waals surface area contributed by atoms with Crippen molar-refractivity contribution in [3.63, 3.8) is 0 Å². The van der Waals surface area contributed by atoms with Gasteiger partial charge in [0.2, 0.25) is 5.91 Å². The summed E-state index contributed by atoms with van der Waals surface area (Å²) in [4.78, 5) is 13.2. The molecule has 0 unspecified atom stereocenters. The van der Waals surface area contributed by atoms with E-state index in [-0.39, 0.29) is 11.9 Å². The molecule has 3 rings (SSSR count). The highest BCUT2D eigenvalue weighted by molar-refractivity contribution is 7.99. The van der Waals surface area contributed by atoms with E-state index in [1.54, 1.807) is 11.8 Å². The van der Waals surface area contributed by atoms with E-state index in [2.05, 4.69) is 22.5 Å². The van der Waals surface area contributed by atoms with Gasteiger partial charge in [0.1, 0.15) is 0 Å². The van der Waals surface area contributed by atoms with Crippen molar-refractivity contribution in [2.75, 3.05) is 5.75 Å². The number of nitrogens with one attached hydrogen (secondary N) is 1. The van der Waals surface area contributed by atoms with Gasteiger partial charge in [-0.25, -0.2) is 0 Å².